The second kappa shape index (κ2) is 9.85. The molecule has 0 aliphatic rings. The zero-order chi connectivity index (χ0) is 19.8. The fourth-order valence-electron chi connectivity index (χ4n) is 2.90. The van der Waals surface area contributed by atoms with Gasteiger partial charge in [0.25, 0.3) is 0 Å². The third-order valence-corrected chi connectivity index (χ3v) is 5.35. The van der Waals surface area contributed by atoms with E-state index >= 15 is 0 Å². The fourth-order valence-corrected chi connectivity index (χ4v) is 3.82. The number of rotatable bonds is 8. The molecule has 0 aliphatic heterocycles. The largest absolute Gasteiger partial charge is 0.496 e. The molecule has 3 aromatic carbocycles. The zero-order valence-electron chi connectivity index (χ0n) is 16.0. The summed E-state index contributed by atoms with van der Waals surface area (Å²) in [6.45, 7) is 0. The van der Waals surface area contributed by atoms with E-state index in [1.165, 1.54) is 0 Å². The highest BCUT2D eigenvalue weighted by Gasteiger charge is 2.13. The van der Waals surface area contributed by atoms with Crippen molar-refractivity contribution < 1.29 is 14.3 Å². The van der Waals surface area contributed by atoms with Crippen molar-refractivity contribution in [1.82, 2.24) is 0 Å². The van der Waals surface area contributed by atoms with Gasteiger partial charge in [0.1, 0.15) is 11.5 Å². The van der Waals surface area contributed by atoms with Crippen LogP contribution in [-0.2, 0) is 11.2 Å². The summed E-state index contributed by atoms with van der Waals surface area (Å²) in [6.07, 6.45) is 0.869. The maximum absolute atomic E-state index is 12.6. The molecule has 1 N–H and O–H groups in total. The van der Waals surface area contributed by atoms with E-state index in [4.69, 9.17) is 9.47 Å². The van der Waals surface area contributed by atoms with Crippen LogP contribution in [0.15, 0.2) is 82.6 Å². The standard InChI is InChI=1S/C23H23NO3S/c1-26-20-12-8-13-21(27-2)18(20)15-16-23(25)24-19-11-6-7-14-22(19)28-17-9-4-3-5-10-17/h3-14H,15-16H2,1-2H3,(H,24,25). The second-order valence-corrected chi connectivity index (χ2v) is 7.22. The van der Waals surface area contributed by atoms with Gasteiger partial charge >= 0.3 is 0 Å². The van der Waals surface area contributed by atoms with E-state index in [2.05, 4.69) is 17.4 Å². The molecular formula is C23H23NO3S. The number of nitrogens with one attached hydrogen (secondary N) is 1. The molecule has 3 rings (SSSR count). The van der Waals surface area contributed by atoms with Crippen molar-refractivity contribution in [3.63, 3.8) is 0 Å². The maximum Gasteiger partial charge on any atom is 0.224 e. The Morgan fingerprint density at radius 1 is 0.857 bits per heavy atom. The Morgan fingerprint density at radius 3 is 2.18 bits per heavy atom. The summed E-state index contributed by atoms with van der Waals surface area (Å²) in [4.78, 5) is 14.7. The number of ether oxygens (including phenoxy) is 2. The van der Waals surface area contributed by atoms with Crippen LogP contribution in [0.5, 0.6) is 11.5 Å². The average Bonchev–Trinajstić information content (AvgIpc) is 2.74. The fraction of sp³-hybridized carbons (Fsp3) is 0.174. The first kappa shape index (κ1) is 19.8. The summed E-state index contributed by atoms with van der Waals surface area (Å²) in [6, 6.07) is 23.6. The number of methoxy groups -OCH3 is 2. The first-order valence-corrected chi connectivity index (χ1v) is 9.84. The van der Waals surface area contributed by atoms with Gasteiger partial charge in [-0.15, -0.1) is 0 Å². The van der Waals surface area contributed by atoms with Crippen LogP contribution in [0.1, 0.15) is 12.0 Å². The first-order chi connectivity index (χ1) is 13.7. The normalized spacial score (nSPS) is 10.4. The molecule has 4 nitrogen and oxygen atoms in total. The van der Waals surface area contributed by atoms with Crippen molar-refractivity contribution in [2.75, 3.05) is 19.5 Å². The molecule has 144 valence electrons. The van der Waals surface area contributed by atoms with Crippen LogP contribution < -0.4 is 14.8 Å². The Kier molecular flexibility index (Phi) is 6.98. The van der Waals surface area contributed by atoms with Gasteiger partial charge in [0, 0.05) is 21.8 Å². The minimum atomic E-state index is -0.0472. The van der Waals surface area contributed by atoms with Crippen molar-refractivity contribution in [3.8, 4) is 11.5 Å². The molecule has 5 heteroatoms. The van der Waals surface area contributed by atoms with Crippen LogP contribution in [0.4, 0.5) is 5.69 Å². The smallest absolute Gasteiger partial charge is 0.224 e. The third kappa shape index (κ3) is 5.08. The number of benzene rings is 3. The summed E-state index contributed by atoms with van der Waals surface area (Å²) in [5, 5.41) is 3.03. The third-order valence-electron chi connectivity index (χ3n) is 4.26. The summed E-state index contributed by atoms with van der Waals surface area (Å²) < 4.78 is 10.8. The van der Waals surface area contributed by atoms with E-state index < -0.39 is 0 Å². The molecule has 0 spiro atoms. The van der Waals surface area contributed by atoms with Gasteiger partial charge in [0.05, 0.1) is 19.9 Å². The second-order valence-electron chi connectivity index (χ2n) is 6.10. The number of carbonyl (C=O) groups is 1. The van der Waals surface area contributed by atoms with Gasteiger partial charge in [-0.25, -0.2) is 0 Å². The van der Waals surface area contributed by atoms with E-state index in [1.54, 1.807) is 26.0 Å². The van der Waals surface area contributed by atoms with Crippen molar-refractivity contribution >= 4 is 23.4 Å². The van der Waals surface area contributed by atoms with E-state index in [0.717, 1.165) is 32.5 Å². The molecule has 0 aromatic heterocycles. The van der Waals surface area contributed by atoms with Crippen LogP contribution in [0.3, 0.4) is 0 Å². The van der Waals surface area contributed by atoms with E-state index in [0.29, 0.717) is 12.8 Å². The van der Waals surface area contributed by atoms with Gasteiger partial charge in [0.15, 0.2) is 0 Å². The Labute approximate surface area is 169 Å². The molecule has 0 unspecified atom stereocenters. The minimum Gasteiger partial charge on any atom is -0.496 e. The topological polar surface area (TPSA) is 47.6 Å². The number of hydrogen-bond donors (Lipinski definition) is 1. The SMILES string of the molecule is COc1cccc(OC)c1CCC(=O)Nc1ccccc1Sc1ccccc1. The molecule has 28 heavy (non-hydrogen) atoms. The highest BCUT2D eigenvalue weighted by atomic mass is 32.2. The van der Waals surface area contributed by atoms with Crippen molar-refractivity contribution in [2.45, 2.75) is 22.6 Å². The van der Waals surface area contributed by atoms with Crippen LogP contribution in [0, 0.1) is 0 Å². The van der Waals surface area contributed by atoms with Crippen molar-refractivity contribution in [2.24, 2.45) is 0 Å². The van der Waals surface area contributed by atoms with Crippen LogP contribution in [0.25, 0.3) is 0 Å². The molecule has 0 saturated heterocycles. The molecular weight excluding hydrogens is 370 g/mol. The van der Waals surface area contributed by atoms with Crippen molar-refractivity contribution in [1.29, 1.82) is 0 Å². The van der Waals surface area contributed by atoms with Crippen LogP contribution >= 0.6 is 11.8 Å². The Morgan fingerprint density at radius 2 is 1.50 bits per heavy atom. The van der Waals surface area contributed by atoms with Gasteiger partial charge in [-0.3, -0.25) is 4.79 Å². The highest BCUT2D eigenvalue weighted by Crippen LogP contribution is 2.33. The molecule has 0 radical (unpaired) electrons. The zero-order valence-corrected chi connectivity index (χ0v) is 16.8. The lowest BCUT2D eigenvalue weighted by Crippen LogP contribution is -2.13. The highest BCUT2D eigenvalue weighted by molar-refractivity contribution is 7.99. The minimum absolute atomic E-state index is 0.0472. The lowest BCUT2D eigenvalue weighted by Gasteiger charge is -2.14. The Hall–Kier alpha value is -2.92. The summed E-state index contributed by atoms with van der Waals surface area (Å²) in [5.41, 5.74) is 1.71. The van der Waals surface area contributed by atoms with Gasteiger partial charge < -0.3 is 14.8 Å². The molecule has 3 aromatic rings. The lowest BCUT2D eigenvalue weighted by molar-refractivity contribution is -0.116. The van der Waals surface area contributed by atoms with Crippen LogP contribution in [0.2, 0.25) is 0 Å². The summed E-state index contributed by atoms with van der Waals surface area (Å²) in [7, 11) is 3.24. The molecule has 0 bridgehead atoms. The molecule has 0 heterocycles. The van der Waals surface area contributed by atoms with E-state index in [1.807, 2.05) is 60.7 Å². The predicted octanol–water partition coefficient (Wildman–Crippen LogP) is 5.43. The Balaban J connectivity index is 1.68. The summed E-state index contributed by atoms with van der Waals surface area (Å²) >= 11 is 1.63. The number of amides is 1. The number of hydrogen-bond acceptors (Lipinski definition) is 4. The lowest BCUT2D eigenvalue weighted by atomic mass is 10.1. The summed E-state index contributed by atoms with van der Waals surface area (Å²) in [5.74, 6) is 1.41. The predicted molar refractivity (Wildman–Crippen MR) is 114 cm³/mol. The number of para-hydroxylation sites is 1. The van der Waals surface area contributed by atoms with Gasteiger partial charge in [0.2, 0.25) is 5.91 Å². The maximum atomic E-state index is 12.6. The first-order valence-electron chi connectivity index (χ1n) is 9.03. The van der Waals surface area contributed by atoms with Gasteiger partial charge in [-0.2, -0.15) is 0 Å². The molecule has 0 atom stereocenters. The average molecular weight is 394 g/mol. The quantitative estimate of drug-likeness (QED) is 0.555. The molecule has 0 aliphatic carbocycles. The molecule has 0 saturated carbocycles. The van der Waals surface area contributed by atoms with Gasteiger partial charge in [-0.1, -0.05) is 48.2 Å². The van der Waals surface area contributed by atoms with Gasteiger partial charge in [-0.05, 0) is 42.8 Å². The monoisotopic (exact) mass is 393 g/mol. The molecule has 1 amide bonds. The Bertz CT molecular complexity index is 906. The molecule has 0 fully saturated rings. The van der Waals surface area contributed by atoms with E-state index in [-0.39, 0.29) is 5.91 Å². The van der Waals surface area contributed by atoms with E-state index in [9.17, 15) is 4.79 Å². The number of carbonyl (C=O) groups excluding carboxylic acids is 1. The van der Waals surface area contributed by atoms with Crippen LogP contribution in [-0.4, -0.2) is 20.1 Å². The number of anilines is 1. The van der Waals surface area contributed by atoms with Crippen molar-refractivity contribution in [3.05, 3.63) is 78.4 Å².